The number of carbonyl (C=O) groups is 1. The molecule has 84 valence electrons. The summed E-state index contributed by atoms with van der Waals surface area (Å²) in [7, 11) is 0. The van der Waals surface area contributed by atoms with Gasteiger partial charge in [-0.05, 0) is 18.0 Å². The maximum absolute atomic E-state index is 11.6. The first kappa shape index (κ1) is 10.7. The fourth-order valence-corrected chi connectivity index (χ4v) is 1.68. The van der Waals surface area contributed by atoms with Gasteiger partial charge in [0.1, 0.15) is 4.88 Å². The quantitative estimate of drug-likeness (QED) is 0.843. The molecule has 0 atom stereocenters. The van der Waals surface area contributed by atoms with Crippen molar-refractivity contribution in [2.24, 2.45) is 0 Å². The molecule has 1 amide bonds. The van der Waals surface area contributed by atoms with Gasteiger partial charge >= 0.3 is 0 Å². The second kappa shape index (κ2) is 4.84. The average Bonchev–Trinajstić information content (AvgIpc) is 2.89. The molecule has 0 aromatic carbocycles. The normalized spacial score (nSPS) is 10.3. The minimum absolute atomic E-state index is 0.232. The number of H-pyrrole nitrogens is 1. The van der Waals surface area contributed by atoms with Crippen molar-refractivity contribution in [2.75, 3.05) is 5.32 Å². The monoisotopic (exact) mass is 237 g/mol. The third-order valence-corrected chi connectivity index (χ3v) is 2.64. The second-order valence-corrected chi connectivity index (χ2v) is 4.05. The number of hydrogen-bond donors (Lipinski definition) is 2. The number of carbonyl (C=O) groups excluding carboxylic acids is 1. The molecule has 0 aliphatic rings. The summed E-state index contributed by atoms with van der Waals surface area (Å²) in [4.78, 5) is 12.1. The van der Waals surface area contributed by atoms with Crippen LogP contribution >= 0.6 is 11.5 Å². The van der Waals surface area contributed by atoms with E-state index in [-0.39, 0.29) is 5.91 Å². The van der Waals surface area contributed by atoms with Gasteiger partial charge in [0.05, 0.1) is 6.20 Å². The summed E-state index contributed by atoms with van der Waals surface area (Å²) in [6, 6.07) is 1.83. The van der Waals surface area contributed by atoms with Crippen LogP contribution in [0.2, 0.25) is 0 Å². The molecule has 2 heterocycles. The number of rotatable bonds is 4. The number of anilines is 1. The molecular formula is C9H11N5OS. The lowest BCUT2D eigenvalue weighted by Gasteiger charge is -1.95. The number of hydrogen-bond acceptors (Lipinski definition) is 5. The van der Waals surface area contributed by atoms with Crippen molar-refractivity contribution in [1.82, 2.24) is 19.8 Å². The SMILES string of the molecule is CCCc1cc(NC(=O)c2cnns2)n[nH]1. The smallest absolute Gasteiger partial charge is 0.270 e. The summed E-state index contributed by atoms with van der Waals surface area (Å²) in [6.45, 7) is 2.09. The fraction of sp³-hybridized carbons (Fsp3) is 0.333. The van der Waals surface area contributed by atoms with E-state index in [9.17, 15) is 4.79 Å². The van der Waals surface area contributed by atoms with Crippen LogP contribution in [0.15, 0.2) is 12.3 Å². The van der Waals surface area contributed by atoms with Crippen molar-refractivity contribution in [3.8, 4) is 0 Å². The van der Waals surface area contributed by atoms with Crippen molar-refractivity contribution in [3.63, 3.8) is 0 Å². The molecule has 0 bridgehead atoms. The standard InChI is InChI=1S/C9H11N5OS/c1-2-3-6-4-8(13-12-6)11-9(15)7-5-10-14-16-7/h4-5H,2-3H2,1H3,(H2,11,12,13,15). The molecule has 0 aliphatic heterocycles. The van der Waals surface area contributed by atoms with Crippen molar-refractivity contribution < 1.29 is 4.79 Å². The van der Waals surface area contributed by atoms with Crippen LogP contribution in [0.3, 0.4) is 0 Å². The molecule has 0 aliphatic carbocycles. The van der Waals surface area contributed by atoms with Gasteiger partial charge in [-0.25, -0.2) is 0 Å². The Hall–Kier alpha value is -1.76. The van der Waals surface area contributed by atoms with Crippen LogP contribution in [-0.2, 0) is 6.42 Å². The van der Waals surface area contributed by atoms with Gasteiger partial charge in [-0.1, -0.05) is 17.8 Å². The largest absolute Gasteiger partial charge is 0.304 e. The number of nitrogens with one attached hydrogen (secondary N) is 2. The highest BCUT2D eigenvalue weighted by molar-refractivity contribution is 7.07. The van der Waals surface area contributed by atoms with Crippen LogP contribution in [0.4, 0.5) is 5.82 Å². The molecule has 2 rings (SSSR count). The summed E-state index contributed by atoms with van der Waals surface area (Å²) >= 11 is 1.06. The average molecular weight is 237 g/mol. The van der Waals surface area contributed by atoms with E-state index in [2.05, 4.69) is 32.0 Å². The van der Waals surface area contributed by atoms with Crippen molar-refractivity contribution in [2.45, 2.75) is 19.8 Å². The topological polar surface area (TPSA) is 83.6 Å². The Labute approximate surface area is 96.2 Å². The van der Waals surface area contributed by atoms with Gasteiger partial charge in [0.2, 0.25) is 0 Å². The molecule has 2 aromatic heterocycles. The van der Waals surface area contributed by atoms with E-state index in [0.29, 0.717) is 10.7 Å². The van der Waals surface area contributed by atoms with Crippen molar-refractivity contribution in [1.29, 1.82) is 0 Å². The van der Waals surface area contributed by atoms with E-state index in [0.717, 1.165) is 30.1 Å². The van der Waals surface area contributed by atoms with E-state index in [4.69, 9.17) is 0 Å². The number of amides is 1. The predicted octanol–water partition coefficient (Wildman–Crippen LogP) is 1.47. The van der Waals surface area contributed by atoms with Gasteiger partial charge in [0, 0.05) is 11.8 Å². The van der Waals surface area contributed by atoms with E-state index < -0.39 is 0 Å². The molecule has 6 nitrogen and oxygen atoms in total. The third kappa shape index (κ3) is 2.43. The maximum atomic E-state index is 11.6. The lowest BCUT2D eigenvalue weighted by molar-refractivity contribution is 0.103. The van der Waals surface area contributed by atoms with Gasteiger partial charge in [0.15, 0.2) is 5.82 Å². The summed E-state index contributed by atoms with van der Waals surface area (Å²) in [5.74, 6) is 0.298. The molecule has 0 unspecified atom stereocenters. The number of aromatic amines is 1. The van der Waals surface area contributed by atoms with E-state index >= 15 is 0 Å². The van der Waals surface area contributed by atoms with Crippen molar-refractivity contribution in [3.05, 3.63) is 22.8 Å². The summed E-state index contributed by atoms with van der Waals surface area (Å²) in [5.41, 5.74) is 1.01. The van der Waals surface area contributed by atoms with Crippen LogP contribution in [0.5, 0.6) is 0 Å². The Kier molecular flexibility index (Phi) is 3.25. The summed E-state index contributed by atoms with van der Waals surface area (Å²) in [5, 5.41) is 13.1. The minimum Gasteiger partial charge on any atom is -0.304 e. The first-order valence-corrected chi connectivity index (χ1v) is 5.70. The Bertz CT molecular complexity index is 464. The Morgan fingerprint density at radius 1 is 1.62 bits per heavy atom. The molecule has 0 saturated heterocycles. The molecule has 2 N–H and O–H groups in total. The summed E-state index contributed by atoms with van der Waals surface area (Å²) < 4.78 is 3.62. The Balaban J connectivity index is 2.01. The molecular weight excluding hydrogens is 226 g/mol. The maximum Gasteiger partial charge on any atom is 0.270 e. The van der Waals surface area contributed by atoms with E-state index in [1.165, 1.54) is 6.20 Å². The zero-order chi connectivity index (χ0) is 11.4. The predicted molar refractivity (Wildman–Crippen MR) is 60.4 cm³/mol. The lowest BCUT2D eigenvalue weighted by Crippen LogP contribution is -2.10. The number of nitrogens with zero attached hydrogens (tertiary/aromatic N) is 3. The van der Waals surface area contributed by atoms with Crippen LogP contribution in [-0.4, -0.2) is 25.7 Å². The van der Waals surface area contributed by atoms with Gasteiger partial charge < -0.3 is 5.32 Å². The summed E-state index contributed by atoms with van der Waals surface area (Å²) in [6.07, 6.45) is 3.39. The molecule has 0 saturated carbocycles. The first-order chi connectivity index (χ1) is 7.79. The van der Waals surface area contributed by atoms with Gasteiger partial charge in [-0.2, -0.15) is 5.10 Å². The highest BCUT2D eigenvalue weighted by Crippen LogP contribution is 2.10. The molecule has 16 heavy (non-hydrogen) atoms. The third-order valence-electron chi connectivity index (χ3n) is 1.98. The lowest BCUT2D eigenvalue weighted by atomic mass is 10.2. The molecule has 2 aromatic rings. The zero-order valence-electron chi connectivity index (χ0n) is 8.73. The Morgan fingerprint density at radius 3 is 3.19 bits per heavy atom. The molecule has 0 fully saturated rings. The van der Waals surface area contributed by atoms with Gasteiger partial charge in [-0.3, -0.25) is 9.89 Å². The first-order valence-electron chi connectivity index (χ1n) is 4.92. The molecule has 0 radical (unpaired) electrons. The minimum atomic E-state index is -0.232. The van der Waals surface area contributed by atoms with E-state index in [1.54, 1.807) is 0 Å². The van der Waals surface area contributed by atoms with Crippen molar-refractivity contribution >= 4 is 23.3 Å². The van der Waals surface area contributed by atoms with E-state index in [1.807, 2.05) is 6.07 Å². The van der Waals surface area contributed by atoms with Crippen LogP contribution in [0.1, 0.15) is 28.7 Å². The van der Waals surface area contributed by atoms with Gasteiger partial charge in [0.25, 0.3) is 5.91 Å². The Morgan fingerprint density at radius 2 is 2.50 bits per heavy atom. The van der Waals surface area contributed by atoms with Gasteiger partial charge in [-0.15, -0.1) is 5.10 Å². The van der Waals surface area contributed by atoms with Crippen LogP contribution in [0, 0.1) is 0 Å². The molecule has 7 heteroatoms. The molecule has 0 spiro atoms. The zero-order valence-corrected chi connectivity index (χ0v) is 9.54. The van der Waals surface area contributed by atoms with Crippen LogP contribution in [0.25, 0.3) is 0 Å². The second-order valence-electron chi connectivity index (χ2n) is 3.26. The highest BCUT2D eigenvalue weighted by atomic mass is 32.1. The number of aromatic nitrogens is 4. The number of aryl methyl sites for hydroxylation is 1. The fourth-order valence-electron chi connectivity index (χ4n) is 1.27. The highest BCUT2D eigenvalue weighted by Gasteiger charge is 2.10. The van der Waals surface area contributed by atoms with Crippen LogP contribution < -0.4 is 5.32 Å².